The Morgan fingerprint density at radius 1 is 1.47 bits per heavy atom. The van der Waals surface area contributed by atoms with Gasteiger partial charge in [0, 0.05) is 18.6 Å². The molecule has 5 heteroatoms. The Balaban J connectivity index is 2.00. The normalized spacial score (nSPS) is 25.4. The quantitative estimate of drug-likeness (QED) is 0.838. The standard InChI is InChI=1S/C12H16N4S/c1-8-6-9(13)2-4-16(8)12-11-10(3-5-17-11)14-7-15-12/h3,5,7-9H,2,4,6,13H2,1H3. The molecule has 0 radical (unpaired) electrons. The van der Waals surface area contributed by atoms with Gasteiger partial charge in [0.15, 0.2) is 0 Å². The molecule has 2 N–H and O–H groups in total. The Morgan fingerprint density at radius 3 is 3.18 bits per heavy atom. The van der Waals surface area contributed by atoms with Gasteiger partial charge in [0.1, 0.15) is 12.1 Å². The molecule has 0 aromatic carbocycles. The monoisotopic (exact) mass is 248 g/mol. The number of aromatic nitrogens is 2. The highest BCUT2D eigenvalue weighted by atomic mass is 32.1. The van der Waals surface area contributed by atoms with Crippen LogP contribution in [-0.4, -0.2) is 28.6 Å². The number of thiophene rings is 1. The zero-order chi connectivity index (χ0) is 11.8. The number of hydrogen-bond donors (Lipinski definition) is 1. The summed E-state index contributed by atoms with van der Waals surface area (Å²) in [4.78, 5) is 11.1. The molecule has 1 saturated heterocycles. The van der Waals surface area contributed by atoms with E-state index >= 15 is 0 Å². The molecule has 0 spiro atoms. The molecular formula is C12H16N4S. The van der Waals surface area contributed by atoms with Crippen molar-refractivity contribution in [3.63, 3.8) is 0 Å². The summed E-state index contributed by atoms with van der Waals surface area (Å²) >= 11 is 1.71. The van der Waals surface area contributed by atoms with E-state index in [1.165, 1.54) is 4.70 Å². The van der Waals surface area contributed by atoms with Crippen molar-refractivity contribution in [2.75, 3.05) is 11.4 Å². The van der Waals surface area contributed by atoms with E-state index < -0.39 is 0 Å². The zero-order valence-electron chi connectivity index (χ0n) is 9.84. The minimum absolute atomic E-state index is 0.335. The van der Waals surface area contributed by atoms with Gasteiger partial charge in [-0.15, -0.1) is 11.3 Å². The predicted octanol–water partition coefficient (Wildman–Crippen LogP) is 2.01. The van der Waals surface area contributed by atoms with E-state index in [1.807, 2.05) is 6.07 Å². The van der Waals surface area contributed by atoms with E-state index in [0.717, 1.165) is 30.7 Å². The maximum atomic E-state index is 6.00. The lowest BCUT2D eigenvalue weighted by atomic mass is 9.99. The summed E-state index contributed by atoms with van der Waals surface area (Å²) < 4.78 is 1.19. The summed E-state index contributed by atoms with van der Waals surface area (Å²) in [6.45, 7) is 3.22. The van der Waals surface area contributed by atoms with Crippen LogP contribution in [0.1, 0.15) is 19.8 Å². The first-order valence-corrected chi connectivity index (χ1v) is 6.84. The SMILES string of the molecule is CC1CC(N)CCN1c1ncnc2ccsc12. The summed E-state index contributed by atoms with van der Waals surface area (Å²) in [5.74, 6) is 1.07. The van der Waals surface area contributed by atoms with Gasteiger partial charge < -0.3 is 10.6 Å². The molecule has 17 heavy (non-hydrogen) atoms. The van der Waals surface area contributed by atoms with Crippen LogP contribution in [0.25, 0.3) is 10.2 Å². The first-order valence-electron chi connectivity index (χ1n) is 5.96. The third-order valence-electron chi connectivity index (χ3n) is 3.41. The lowest BCUT2D eigenvalue weighted by Gasteiger charge is -2.37. The van der Waals surface area contributed by atoms with Crippen molar-refractivity contribution >= 4 is 27.4 Å². The second-order valence-corrected chi connectivity index (χ2v) is 5.58. The van der Waals surface area contributed by atoms with Gasteiger partial charge in [-0.2, -0.15) is 0 Å². The van der Waals surface area contributed by atoms with E-state index in [9.17, 15) is 0 Å². The van der Waals surface area contributed by atoms with Gasteiger partial charge in [-0.1, -0.05) is 0 Å². The minimum atomic E-state index is 0.335. The largest absolute Gasteiger partial charge is 0.353 e. The van der Waals surface area contributed by atoms with Crippen LogP contribution in [0.5, 0.6) is 0 Å². The molecule has 1 fully saturated rings. The number of fused-ring (bicyclic) bond motifs is 1. The van der Waals surface area contributed by atoms with Crippen molar-refractivity contribution < 1.29 is 0 Å². The summed E-state index contributed by atoms with van der Waals surface area (Å²) in [6, 6.07) is 2.84. The molecule has 1 aliphatic rings. The van der Waals surface area contributed by atoms with Crippen LogP contribution in [0.4, 0.5) is 5.82 Å². The van der Waals surface area contributed by atoms with Crippen molar-refractivity contribution in [1.82, 2.24) is 9.97 Å². The average molecular weight is 248 g/mol. The fraction of sp³-hybridized carbons (Fsp3) is 0.500. The molecule has 2 unspecified atom stereocenters. The maximum Gasteiger partial charge on any atom is 0.150 e. The molecule has 2 aromatic heterocycles. The van der Waals surface area contributed by atoms with Crippen molar-refractivity contribution in [3.8, 4) is 0 Å². The van der Waals surface area contributed by atoms with Crippen LogP contribution in [0, 0.1) is 0 Å². The highest BCUT2D eigenvalue weighted by Crippen LogP contribution is 2.31. The first-order chi connectivity index (χ1) is 8.25. The molecule has 1 aliphatic heterocycles. The second kappa shape index (κ2) is 4.23. The molecule has 3 heterocycles. The van der Waals surface area contributed by atoms with E-state index in [1.54, 1.807) is 17.7 Å². The molecule has 2 atom stereocenters. The van der Waals surface area contributed by atoms with Crippen molar-refractivity contribution in [2.45, 2.75) is 31.8 Å². The van der Waals surface area contributed by atoms with Gasteiger partial charge >= 0.3 is 0 Å². The highest BCUT2D eigenvalue weighted by Gasteiger charge is 2.25. The number of nitrogens with two attached hydrogens (primary N) is 1. The summed E-state index contributed by atoms with van der Waals surface area (Å²) in [5.41, 5.74) is 7.04. The fourth-order valence-electron chi connectivity index (χ4n) is 2.50. The number of piperidine rings is 1. The number of nitrogens with zero attached hydrogens (tertiary/aromatic N) is 3. The zero-order valence-corrected chi connectivity index (χ0v) is 10.7. The number of anilines is 1. The Bertz CT molecular complexity index is 524. The van der Waals surface area contributed by atoms with Crippen LogP contribution in [-0.2, 0) is 0 Å². The topological polar surface area (TPSA) is 55.0 Å². The van der Waals surface area contributed by atoms with Crippen LogP contribution in [0.15, 0.2) is 17.8 Å². The minimum Gasteiger partial charge on any atom is -0.353 e. The molecule has 0 saturated carbocycles. The van der Waals surface area contributed by atoms with Crippen LogP contribution in [0.2, 0.25) is 0 Å². The lowest BCUT2D eigenvalue weighted by Crippen LogP contribution is -2.46. The van der Waals surface area contributed by atoms with E-state index in [0.29, 0.717) is 12.1 Å². The molecule has 90 valence electrons. The smallest absolute Gasteiger partial charge is 0.150 e. The molecule has 0 bridgehead atoms. The summed E-state index contributed by atoms with van der Waals surface area (Å²) in [5, 5.41) is 2.07. The predicted molar refractivity (Wildman–Crippen MR) is 71.4 cm³/mol. The second-order valence-electron chi connectivity index (χ2n) is 4.66. The molecule has 2 aromatic rings. The molecule has 0 aliphatic carbocycles. The van der Waals surface area contributed by atoms with Gasteiger partial charge in [-0.25, -0.2) is 9.97 Å². The van der Waals surface area contributed by atoms with Gasteiger partial charge in [0.25, 0.3) is 0 Å². The Kier molecular flexibility index (Phi) is 2.72. The first kappa shape index (κ1) is 10.9. The van der Waals surface area contributed by atoms with E-state index in [2.05, 4.69) is 27.2 Å². The molecule has 3 rings (SSSR count). The van der Waals surface area contributed by atoms with Crippen LogP contribution in [0.3, 0.4) is 0 Å². The molecular weight excluding hydrogens is 232 g/mol. The Morgan fingerprint density at radius 2 is 2.35 bits per heavy atom. The van der Waals surface area contributed by atoms with Crippen LogP contribution >= 0.6 is 11.3 Å². The van der Waals surface area contributed by atoms with Gasteiger partial charge in [-0.05, 0) is 31.2 Å². The maximum absolute atomic E-state index is 6.00. The lowest BCUT2D eigenvalue weighted by molar-refractivity contribution is 0.428. The van der Waals surface area contributed by atoms with Gasteiger partial charge in [0.2, 0.25) is 0 Å². The van der Waals surface area contributed by atoms with Crippen LogP contribution < -0.4 is 10.6 Å². The number of rotatable bonds is 1. The molecule has 4 nitrogen and oxygen atoms in total. The van der Waals surface area contributed by atoms with Gasteiger partial charge in [0.05, 0.1) is 10.2 Å². The Hall–Kier alpha value is -1.20. The van der Waals surface area contributed by atoms with E-state index in [4.69, 9.17) is 5.73 Å². The molecule has 0 amide bonds. The third-order valence-corrected chi connectivity index (χ3v) is 4.31. The number of hydrogen-bond acceptors (Lipinski definition) is 5. The fourth-order valence-corrected chi connectivity index (χ4v) is 3.35. The van der Waals surface area contributed by atoms with Gasteiger partial charge in [-0.3, -0.25) is 0 Å². The van der Waals surface area contributed by atoms with Crippen molar-refractivity contribution in [2.24, 2.45) is 5.73 Å². The van der Waals surface area contributed by atoms with Crippen molar-refractivity contribution in [3.05, 3.63) is 17.8 Å². The summed E-state index contributed by atoms with van der Waals surface area (Å²) in [7, 11) is 0. The summed E-state index contributed by atoms with van der Waals surface area (Å²) in [6.07, 6.45) is 3.74. The average Bonchev–Trinajstić information content (AvgIpc) is 2.77. The Labute approximate surface area is 104 Å². The highest BCUT2D eigenvalue weighted by molar-refractivity contribution is 7.17. The third kappa shape index (κ3) is 1.89. The van der Waals surface area contributed by atoms with Crippen molar-refractivity contribution in [1.29, 1.82) is 0 Å². The van der Waals surface area contributed by atoms with E-state index in [-0.39, 0.29) is 0 Å².